The van der Waals surface area contributed by atoms with E-state index in [0.717, 1.165) is 6.42 Å². The highest BCUT2D eigenvalue weighted by atomic mass is 79.9. The van der Waals surface area contributed by atoms with E-state index in [9.17, 15) is 9.59 Å². The van der Waals surface area contributed by atoms with Crippen LogP contribution in [0.3, 0.4) is 0 Å². The van der Waals surface area contributed by atoms with Crippen LogP contribution in [0.5, 0.6) is 0 Å². The number of halogens is 1. The van der Waals surface area contributed by atoms with Gasteiger partial charge in [-0.3, -0.25) is 9.59 Å². The summed E-state index contributed by atoms with van der Waals surface area (Å²) in [5, 5.41) is 11.7. The van der Waals surface area contributed by atoms with Gasteiger partial charge in [0.2, 0.25) is 5.91 Å². The quantitative estimate of drug-likeness (QED) is 0.837. The Hall–Kier alpha value is -1.43. The number of rotatable bonds is 3. The second kappa shape index (κ2) is 4.44. The van der Waals surface area contributed by atoms with Gasteiger partial charge in [-0.2, -0.15) is 0 Å². The van der Waals surface area contributed by atoms with E-state index in [0.29, 0.717) is 23.1 Å². The first kappa shape index (κ1) is 12.0. The SMILES string of the molecule is O=C(O)C1(C(=O)Nc2ncccc2Br)CCC1. The molecule has 1 aromatic heterocycles. The molecule has 90 valence electrons. The molecule has 0 saturated heterocycles. The van der Waals surface area contributed by atoms with Crippen LogP contribution in [0.25, 0.3) is 0 Å². The van der Waals surface area contributed by atoms with E-state index in [1.165, 1.54) is 6.20 Å². The number of amides is 1. The largest absolute Gasteiger partial charge is 0.480 e. The number of carboxylic acid groups (broad SMARTS) is 1. The van der Waals surface area contributed by atoms with E-state index in [2.05, 4.69) is 26.2 Å². The first-order valence-corrected chi connectivity index (χ1v) is 6.01. The van der Waals surface area contributed by atoms with Crippen LogP contribution in [-0.4, -0.2) is 22.0 Å². The number of anilines is 1. The van der Waals surface area contributed by atoms with Crippen LogP contribution in [0, 0.1) is 5.41 Å². The average molecular weight is 299 g/mol. The molecule has 0 atom stereocenters. The van der Waals surface area contributed by atoms with Gasteiger partial charge in [0, 0.05) is 6.20 Å². The van der Waals surface area contributed by atoms with E-state index in [-0.39, 0.29) is 0 Å². The molecular weight excluding hydrogens is 288 g/mol. The lowest BCUT2D eigenvalue weighted by Crippen LogP contribution is -2.48. The van der Waals surface area contributed by atoms with Crippen LogP contribution in [0.15, 0.2) is 22.8 Å². The van der Waals surface area contributed by atoms with E-state index in [4.69, 9.17) is 5.11 Å². The molecule has 1 aliphatic rings. The maximum absolute atomic E-state index is 12.0. The molecule has 5 nitrogen and oxygen atoms in total. The van der Waals surface area contributed by atoms with Gasteiger partial charge in [-0.1, -0.05) is 6.42 Å². The standard InChI is InChI=1S/C11H11BrN2O3/c12-7-3-1-6-13-8(7)14-9(15)11(10(16)17)4-2-5-11/h1,3,6H,2,4-5H2,(H,16,17)(H,13,14,15). The van der Waals surface area contributed by atoms with Gasteiger partial charge in [-0.05, 0) is 40.9 Å². The maximum Gasteiger partial charge on any atom is 0.319 e. The van der Waals surface area contributed by atoms with Crippen LogP contribution >= 0.6 is 15.9 Å². The molecule has 0 bridgehead atoms. The number of aromatic nitrogens is 1. The highest BCUT2D eigenvalue weighted by Crippen LogP contribution is 2.42. The molecular formula is C11H11BrN2O3. The third kappa shape index (κ3) is 2.04. The molecule has 0 spiro atoms. The molecule has 0 aliphatic heterocycles. The molecule has 6 heteroatoms. The number of nitrogens with zero attached hydrogens (tertiary/aromatic N) is 1. The number of hydrogen-bond acceptors (Lipinski definition) is 3. The summed E-state index contributed by atoms with van der Waals surface area (Å²) in [6, 6.07) is 3.45. The van der Waals surface area contributed by atoms with E-state index < -0.39 is 17.3 Å². The van der Waals surface area contributed by atoms with Gasteiger partial charge in [-0.15, -0.1) is 0 Å². The van der Waals surface area contributed by atoms with Crippen LogP contribution in [0.1, 0.15) is 19.3 Å². The average Bonchev–Trinajstić information content (AvgIpc) is 2.19. The molecule has 1 heterocycles. The number of carbonyl (C=O) groups excluding carboxylic acids is 1. The van der Waals surface area contributed by atoms with Crippen LogP contribution in [0.2, 0.25) is 0 Å². The molecule has 2 N–H and O–H groups in total. The number of pyridine rings is 1. The summed E-state index contributed by atoms with van der Waals surface area (Å²) in [7, 11) is 0. The highest BCUT2D eigenvalue weighted by molar-refractivity contribution is 9.10. The van der Waals surface area contributed by atoms with Crippen molar-refractivity contribution in [1.82, 2.24) is 4.98 Å². The number of aliphatic carboxylic acids is 1. The Morgan fingerprint density at radius 2 is 2.18 bits per heavy atom. The van der Waals surface area contributed by atoms with Crippen molar-refractivity contribution in [2.45, 2.75) is 19.3 Å². The van der Waals surface area contributed by atoms with Crippen molar-refractivity contribution in [3.63, 3.8) is 0 Å². The lowest BCUT2D eigenvalue weighted by atomic mass is 9.68. The monoisotopic (exact) mass is 298 g/mol. The van der Waals surface area contributed by atoms with Crippen LogP contribution in [0.4, 0.5) is 5.82 Å². The summed E-state index contributed by atoms with van der Waals surface area (Å²) < 4.78 is 0.633. The lowest BCUT2D eigenvalue weighted by Gasteiger charge is -2.35. The zero-order chi connectivity index (χ0) is 12.5. The molecule has 1 amide bonds. The first-order chi connectivity index (χ1) is 8.06. The molecule has 1 aromatic rings. The van der Waals surface area contributed by atoms with Crippen LogP contribution < -0.4 is 5.32 Å². The molecule has 17 heavy (non-hydrogen) atoms. The predicted molar refractivity (Wildman–Crippen MR) is 64.5 cm³/mol. The van der Waals surface area contributed by atoms with Crippen molar-refractivity contribution in [3.8, 4) is 0 Å². The minimum atomic E-state index is -1.27. The second-order valence-electron chi connectivity index (χ2n) is 4.03. The molecule has 1 aliphatic carbocycles. The van der Waals surface area contributed by atoms with Gasteiger partial charge in [0.15, 0.2) is 0 Å². The highest BCUT2D eigenvalue weighted by Gasteiger charge is 2.51. The summed E-state index contributed by atoms with van der Waals surface area (Å²) in [4.78, 5) is 27.1. The molecule has 2 rings (SSSR count). The molecule has 0 radical (unpaired) electrons. The van der Waals surface area contributed by atoms with Gasteiger partial charge in [0.25, 0.3) is 0 Å². The first-order valence-electron chi connectivity index (χ1n) is 5.22. The van der Waals surface area contributed by atoms with Crippen molar-refractivity contribution in [3.05, 3.63) is 22.8 Å². The number of hydrogen-bond donors (Lipinski definition) is 2. The summed E-state index contributed by atoms with van der Waals surface area (Å²) in [6.07, 6.45) is 3.08. The Kier molecular flexibility index (Phi) is 3.15. The van der Waals surface area contributed by atoms with Gasteiger partial charge in [0.05, 0.1) is 4.47 Å². The fourth-order valence-electron chi connectivity index (χ4n) is 1.77. The summed E-state index contributed by atoms with van der Waals surface area (Å²) >= 11 is 3.24. The normalized spacial score (nSPS) is 17.0. The minimum absolute atomic E-state index is 0.352. The van der Waals surface area contributed by atoms with Crippen molar-refractivity contribution < 1.29 is 14.7 Å². The summed E-state index contributed by atoms with van der Waals surface area (Å²) in [5.41, 5.74) is -1.27. The number of nitrogens with one attached hydrogen (secondary N) is 1. The van der Waals surface area contributed by atoms with Crippen molar-refractivity contribution in [2.24, 2.45) is 5.41 Å². The predicted octanol–water partition coefficient (Wildman–Crippen LogP) is 2.04. The Bertz CT molecular complexity index is 472. The maximum atomic E-state index is 12.0. The van der Waals surface area contributed by atoms with Crippen molar-refractivity contribution in [2.75, 3.05) is 5.32 Å². The molecule has 1 fully saturated rings. The van der Waals surface area contributed by atoms with E-state index in [1.807, 2.05) is 0 Å². The van der Waals surface area contributed by atoms with Gasteiger partial charge >= 0.3 is 5.97 Å². The van der Waals surface area contributed by atoms with E-state index in [1.54, 1.807) is 12.1 Å². The molecule has 0 unspecified atom stereocenters. The summed E-state index contributed by atoms with van der Waals surface area (Å²) in [6.45, 7) is 0. The Morgan fingerprint density at radius 3 is 2.65 bits per heavy atom. The van der Waals surface area contributed by atoms with Crippen molar-refractivity contribution in [1.29, 1.82) is 0 Å². The van der Waals surface area contributed by atoms with Crippen molar-refractivity contribution >= 4 is 33.6 Å². The fraction of sp³-hybridized carbons (Fsp3) is 0.364. The van der Waals surface area contributed by atoms with Crippen LogP contribution in [-0.2, 0) is 9.59 Å². The fourth-order valence-corrected chi connectivity index (χ4v) is 2.13. The number of carbonyl (C=O) groups is 2. The Labute approximate surface area is 106 Å². The topological polar surface area (TPSA) is 79.3 Å². The van der Waals surface area contributed by atoms with Gasteiger partial charge in [-0.25, -0.2) is 4.98 Å². The molecule has 0 aromatic carbocycles. The van der Waals surface area contributed by atoms with Gasteiger partial charge < -0.3 is 10.4 Å². The smallest absolute Gasteiger partial charge is 0.319 e. The minimum Gasteiger partial charge on any atom is -0.480 e. The second-order valence-corrected chi connectivity index (χ2v) is 4.88. The lowest BCUT2D eigenvalue weighted by molar-refractivity contribution is -0.159. The third-order valence-electron chi connectivity index (χ3n) is 3.04. The van der Waals surface area contributed by atoms with Gasteiger partial charge in [0.1, 0.15) is 11.2 Å². The Balaban J connectivity index is 2.17. The zero-order valence-corrected chi connectivity index (χ0v) is 10.5. The number of carboxylic acids is 1. The molecule has 1 saturated carbocycles. The summed E-state index contributed by atoms with van der Waals surface area (Å²) in [5.74, 6) is -1.20. The Morgan fingerprint density at radius 1 is 1.47 bits per heavy atom. The third-order valence-corrected chi connectivity index (χ3v) is 3.68. The van der Waals surface area contributed by atoms with E-state index >= 15 is 0 Å². The zero-order valence-electron chi connectivity index (χ0n) is 8.94.